The smallest absolute Gasteiger partial charge is 0.306 e. The van der Waals surface area contributed by atoms with Crippen molar-refractivity contribution in [2.24, 2.45) is 0 Å². The minimum Gasteiger partial charge on any atom is -0.462 e. The van der Waals surface area contributed by atoms with Gasteiger partial charge in [0.05, 0.1) is 0 Å². The molecule has 0 aliphatic rings. The average molecular weight is 986 g/mol. The van der Waals surface area contributed by atoms with Crippen molar-refractivity contribution in [1.82, 2.24) is 0 Å². The van der Waals surface area contributed by atoms with Crippen molar-refractivity contribution in [3.8, 4) is 0 Å². The van der Waals surface area contributed by atoms with E-state index in [1.165, 1.54) is 89.9 Å². The van der Waals surface area contributed by atoms with Crippen molar-refractivity contribution >= 4 is 17.9 Å². The van der Waals surface area contributed by atoms with Crippen LogP contribution in [-0.4, -0.2) is 37.2 Å². The summed E-state index contributed by atoms with van der Waals surface area (Å²) in [5, 5.41) is 0. The molecule has 0 saturated heterocycles. The van der Waals surface area contributed by atoms with Crippen molar-refractivity contribution in [3.05, 3.63) is 109 Å². The SMILES string of the molecule is CC/C=C\C/C=C\C/C=C\C/C=C\C/C=C\C/C=C\CCCCCCCCCCCCCCC(=O)OCC(COC(=O)CCCCCCCCC)OC(=O)CCCCCCC/C=C\C/C=C\C/C=C\CC. The second-order valence-corrected chi connectivity index (χ2v) is 19.1. The number of hydrogen-bond donors (Lipinski definition) is 0. The zero-order valence-electron chi connectivity index (χ0n) is 46.2. The summed E-state index contributed by atoms with van der Waals surface area (Å²) in [5.41, 5.74) is 0. The Morgan fingerprint density at radius 3 is 0.859 bits per heavy atom. The maximum atomic E-state index is 12.8. The van der Waals surface area contributed by atoms with Gasteiger partial charge in [-0.15, -0.1) is 0 Å². The second kappa shape index (κ2) is 58.6. The Labute approximate surface area is 438 Å². The van der Waals surface area contributed by atoms with Crippen LogP contribution < -0.4 is 0 Å². The highest BCUT2D eigenvalue weighted by Gasteiger charge is 2.19. The minimum atomic E-state index is -0.785. The third kappa shape index (κ3) is 56.9. The van der Waals surface area contributed by atoms with E-state index in [1.807, 2.05) is 0 Å². The molecule has 6 heteroatoms. The van der Waals surface area contributed by atoms with E-state index in [0.717, 1.165) is 135 Å². The summed E-state index contributed by atoms with van der Waals surface area (Å²) >= 11 is 0. The van der Waals surface area contributed by atoms with Crippen LogP contribution in [0, 0.1) is 0 Å². The van der Waals surface area contributed by atoms with E-state index in [4.69, 9.17) is 14.2 Å². The van der Waals surface area contributed by atoms with Crippen LogP contribution in [-0.2, 0) is 28.6 Å². The van der Waals surface area contributed by atoms with Crippen LogP contribution in [0.2, 0.25) is 0 Å². The highest BCUT2D eigenvalue weighted by atomic mass is 16.6. The number of rotatable bonds is 52. The van der Waals surface area contributed by atoms with Gasteiger partial charge < -0.3 is 14.2 Å². The van der Waals surface area contributed by atoms with Gasteiger partial charge in [-0.2, -0.15) is 0 Å². The van der Waals surface area contributed by atoms with Crippen LogP contribution in [0.5, 0.6) is 0 Å². The van der Waals surface area contributed by atoms with Gasteiger partial charge in [0.15, 0.2) is 6.10 Å². The number of hydrogen-bond acceptors (Lipinski definition) is 6. The summed E-state index contributed by atoms with van der Waals surface area (Å²) in [6.07, 6.45) is 79.7. The normalized spacial score (nSPS) is 12.9. The van der Waals surface area contributed by atoms with Gasteiger partial charge in [-0.05, 0) is 103 Å². The van der Waals surface area contributed by atoms with Gasteiger partial charge in [0.1, 0.15) is 13.2 Å². The standard InChI is InChI=1S/C65H108O6/c1-4-7-10-13-16-18-20-22-24-25-26-27-28-29-30-31-32-33-34-35-36-37-38-39-41-42-44-46-49-52-55-58-64(67)70-61-62(60-69-63(66)57-54-51-48-15-12-9-6-3)71-65(68)59-56-53-50-47-45-43-40-23-21-19-17-14-11-8-5-2/h7-8,10-11,16-19,22-24,26-27,29-30,32-33,40,62H,4-6,9,12-15,20-21,25,28,31,34-39,41-61H2,1-3H3/b10-7-,11-8-,18-16-,19-17-,24-22-,27-26-,30-29-,33-32-,40-23-. The number of ether oxygens (including phenoxy) is 3. The lowest BCUT2D eigenvalue weighted by Crippen LogP contribution is -2.30. The Kier molecular flexibility index (Phi) is 55.4. The van der Waals surface area contributed by atoms with Crippen molar-refractivity contribution < 1.29 is 28.6 Å². The number of carbonyl (C=O) groups excluding carboxylic acids is 3. The number of allylic oxidation sites excluding steroid dienone is 18. The third-order valence-corrected chi connectivity index (χ3v) is 12.3. The molecule has 0 aromatic carbocycles. The molecule has 0 radical (unpaired) electrons. The van der Waals surface area contributed by atoms with E-state index in [1.54, 1.807) is 0 Å². The summed E-state index contributed by atoms with van der Waals surface area (Å²) < 4.78 is 16.8. The summed E-state index contributed by atoms with van der Waals surface area (Å²) in [6, 6.07) is 0. The van der Waals surface area contributed by atoms with E-state index < -0.39 is 6.10 Å². The van der Waals surface area contributed by atoms with E-state index in [2.05, 4.69) is 130 Å². The molecule has 6 nitrogen and oxygen atoms in total. The minimum absolute atomic E-state index is 0.0847. The molecule has 1 atom stereocenters. The molecule has 0 aromatic heterocycles. The molecule has 71 heavy (non-hydrogen) atoms. The fourth-order valence-electron chi connectivity index (χ4n) is 7.93. The number of esters is 3. The van der Waals surface area contributed by atoms with E-state index in [9.17, 15) is 14.4 Å². The van der Waals surface area contributed by atoms with Crippen molar-refractivity contribution in [2.45, 2.75) is 271 Å². The van der Waals surface area contributed by atoms with Gasteiger partial charge in [0.25, 0.3) is 0 Å². The first-order chi connectivity index (χ1) is 35.0. The molecular formula is C65H108O6. The Balaban J connectivity index is 4.11. The fraction of sp³-hybridized carbons (Fsp3) is 0.677. The van der Waals surface area contributed by atoms with Gasteiger partial charge in [0, 0.05) is 19.3 Å². The van der Waals surface area contributed by atoms with Crippen molar-refractivity contribution in [1.29, 1.82) is 0 Å². The second-order valence-electron chi connectivity index (χ2n) is 19.1. The molecule has 1 unspecified atom stereocenters. The molecule has 0 aliphatic heterocycles. The maximum Gasteiger partial charge on any atom is 0.306 e. The quantitative estimate of drug-likeness (QED) is 0.0261. The third-order valence-electron chi connectivity index (χ3n) is 12.3. The monoisotopic (exact) mass is 985 g/mol. The summed E-state index contributed by atoms with van der Waals surface area (Å²) in [6.45, 7) is 6.36. The molecule has 0 N–H and O–H groups in total. The first kappa shape index (κ1) is 67.1. The van der Waals surface area contributed by atoms with E-state index >= 15 is 0 Å². The predicted molar refractivity (Wildman–Crippen MR) is 307 cm³/mol. The number of unbranched alkanes of at least 4 members (excludes halogenated alkanes) is 23. The van der Waals surface area contributed by atoms with Gasteiger partial charge in [-0.25, -0.2) is 0 Å². The first-order valence-electron chi connectivity index (χ1n) is 29.4. The van der Waals surface area contributed by atoms with Gasteiger partial charge in [0.2, 0.25) is 0 Å². The highest BCUT2D eigenvalue weighted by molar-refractivity contribution is 5.71. The average Bonchev–Trinajstić information content (AvgIpc) is 3.37. The van der Waals surface area contributed by atoms with Gasteiger partial charge >= 0.3 is 17.9 Å². The van der Waals surface area contributed by atoms with Crippen molar-refractivity contribution in [3.63, 3.8) is 0 Å². The lowest BCUT2D eigenvalue weighted by Gasteiger charge is -2.18. The van der Waals surface area contributed by atoms with Crippen molar-refractivity contribution in [2.75, 3.05) is 13.2 Å². The molecule has 0 heterocycles. The highest BCUT2D eigenvalue weighted by Crippen LogP contribution is 2.15. The van der Waals surface area contributed by atoms with Crippen LogP contribution in [0.15, 0.2) is 109 Å². The zero-order valence-corrected chi connectivity index (χ0v) is 46.2. The molecule has 0 saturated carbocycles. The predicted octanol–water partition coefficient (Wildman–Crippen LogP) is 19.9. The summed E-state index contributed by atoms with van der Waals surface area (Å²) in [5.74, 6) is -0.910. The van der Waals surface area contributed by atoms with Crippen LogP contribution >= 0.6 is 0 Å². The molecule has 0 fully saturated rings. The van der Waals surface area contributed by atoms with Gasteiger partial charge in [-0.1, -0.05) is 252 Å². The summed E-state index contributed by atoms with van der Waals surface area (Å²) in [4.78, 5) is 37.9. The molecule has 0 bridgehead atoms. The molecule has 404 valence electrons. The van der Waals surface area contributed by atoms with Crippen LogP contribution in [0.3, 0.4) is 0 Å². The maximum absolute atomic E-state index is 12.8. The zero-order chi connectivity index (χ0) is 51.4. The largest absolute Gasteiger partial charge is 0.462 e. The van der Waals surface area contributed by atoms with Gasteiger partial charge in [-0.3, -0.25) is 14.4 Å². The topological polar surface area (TPSA) is 78.9 Å². The Morgan fingerprint density at radius 1 is 0.296 bits per heavy atom. The van der Waals surface area contributed by atoms with E-state index in [0.29, 0.717) is 19.3 Å². The lowest BCUT2D eigenvalue weighted by molar-refractivity contribution is -0.167. The Bertz CT molecular complexity index is 1460. The van der Waals surface area contributed by atoms with Crippen LogP contribution in [0.1, 0.15) is 265 Å². The molecule has 0 rings (SSSR count). The lowest BCUT2D eigenvalue weighted by atomic mass is 10.0. The molecule has 0 aromatic rings. The molecule has 0 spiro atoms. The van der Waals surface area contributed by atoms with Crippen LogP contribution in [0.4, 0.5) is 0 Å². The first-order valence-corrected chi connectivity index (χ1v) is 29.4. The van der Waals surface area contributed by atoms with E-state index in [-0.39, 0.29) is 31.1 Å². The fourth-order valence-corrected chi connectivity index (χ4v) is 7.93. The summed E-state index contributed by atoms with van der Waals surface area (Å²) in [7, 11) is 0. The van der Waals surface area contributed by atoms with Crippen LogP contribution in [0.25, 0.3) is 0 Å². The molecule has 0 amide bonds. The number of carbonyl (C=O) groups is 3. The Morgan fingerprint density at radius 2 is 0.549 bits per heavy atom. The Hall–Kier alpha value is -3.93. The molecule has 0 aliphatic carbocycles. The molecular weight excluding hydrogens is 877 g/mol.